The van der Waals surface area contributed by atoms with Crippen LogP contribution in [0.4, 0.5) is 0 Å². The quantitative estimate of drug-likeness (QED) is 0.679. The van der Waals surface area contributed by atoms with E-state index in [1.54, 1.807) is 0 Å². The van der Waals surface area contributed by atoms with Crippen LogP contribution in [0.25, 0.3) is 11.3 Å². The highest BCUT2D eigenvalue weighted by Gasteiger charge is 2.39. The highest BCUT2D eigenvalue weighted by atomic mass is 14.7. The Bertz CT molecular complexity index is 613. The zero-order valence-electron chi connectivity index (χ0n) is 10.2. The molecule has 1 aromatic carbocycles. The minimum Gasteiger partial charge on any atom is -0.256 e. The van der Waals surface area contributed by atoms with Crippen LogP contribution >= 0.6 is 0 Å². The molecule has 0 radical (unpaired) electrons. The molecular formula is C17H15N. The van der Waals surface area contributed by atoms with Crippen LogP contribution in [0.3, 0.4) is 0 Å². The van der Waals surface area contributed by atoms with Crippen molar-refractivity contribution in [2.24, 2.45) is 5.92 Å². The predicted octanol–water partition coefficient (Wildman–Crippen LogP) is 3.96. The van der Waals surface area contributed by atoms with Crippen molar-refractivity contribution in [2.75, 3.05) is 0 Å². The van der Waals surface area contributed by atoms with E-state index in [2.05, 4.69) is 53.5 Å². The van der Waals surface area contributed by atoms with Crippen molar-refractivity contribution in [3.8, 4) is 11.3 Å². The van der Waals surface area contributed by atoms with Gasteiger partial charge in [0.2, 0.25) is 0 Å². The van der Waals surface area contributed by atoms with Crippen LogP contribution < -0.4 is 0 Å². The second kappa shape index (κ2) is 3.81. The number of pyridine rings is 1. The molecule has 0 aliphatic heterocycles. The third-order valence-electron chi connectivity index (χ3n) is 4.08. The lowest BCUT2D eigenvalue weighted by Gasteiger charge is -2.11. The van der Waals surface area contributed by atoms with Gasteiger partial charge in [0.05, 0.1) is 5.69 Å². The number of benzene rings is 1. The van der Waals surface area contributed by atoms with Crippen molar-refractivity contribution >= 4 is 0 Å². The van der Waals surface area contributed by atoms with E-state index in [0.29, 0.717) is 0 Å². The summed E-state index contributed by atoms with van der Waals surface area (Å²) in [5.74, 6) is 1.54. The standard InChI is InChI=1S/C17H15N/c1-2-5-12(6-3-1)17-15-8-4-7-13-11-16(13)14(15)9-10-18-17/h1-7,9-10,13,16H,8,11H2. The number of fused-ring (bicyclic) bond motifs is 3. The summed E-state index contributed by atoms with van der Waals surface area (Å²) in [6.07, 6.45) is 9.04. The predicted molar refractivity (Wildman–Crippen MR) is 73.4 cm³/mol. The van der Waals surface area contributed by atoms with Crippen LogP contribution in [0.15, 0.2) is 54.7 Å². The lowest BCUT2D eigenvalue weighted by molar-refractivity contribution is 1.00. The van der Waals surface area contributed by atoms with Crippen LogP contribution in [0.5, 0.6) is 0 Å². The molecule has 0 spiro atoms. The molecule has 1 heterocycles. The van der Waals surface area contributed by atoms with Crippen LogP contribution in [-0.4, -0.2) is 4.98 Å². The Kier molecular flexibility index (Phi) is 2.13. The highest BCUT2D eigenvalue weighted by molar-refractivity contribution is 5.66. The third-order valence-corrected chi connectivity index (χ3v) is 4.08. The molecule has 1 heteroatoms. The number of hydrogen-bond acceptors (Lipinski definition) is 1. The number of nitrogens with zero attached hydrogens (tertiary/aromatic N) is 1. The van der Waals surface area contributed by atoms with Crippen LogP contribution in [-0.2, 0) is 6.42 Å². The second-order valence-corrected chi connectivity index (χ2v) is 5.23. The van der Waals surface area contributed by atoms with Crippen molar-refractivity contribution in [1.82, 2.24) is 4.98 Å². The van der Waals surface area contributed by atoms with Gasteiger partial charge in [0.15, 0.2) is 0 Å². The maximum Gasteiger partial charge on any atom is 0.0739 e. The molecule has 2 aromatic rings. The Hall–Kier alpha value is -1.89. The van der Waals surface area contributed by atoms with Crippen LogP contribution in [0.2, 0.25) is 0 Å². The van der Waals surface area contributed by atoms with E-state index in [1.807, 2.05) is 6.20 Å². The first-order valence-corrected chi connectivity index (χ1v) is 6.63. The van der Waals surface area contributed by atoms with E-state index < -0.39 is 0 Å². The summed E-state index contributed by atoms with van der Waals surface area (Å²) in [7, 11) is 0. The van der Waals surface area contributed by atoms with Crippen LogP contribution in [0.1, 0.15) is 23.5 Å². The molecule has 1 fully saturated rings. The summed E-state index contributed by atoms with van der Waals surface area (Å²) in [6.45, 7) is 0. The number of aromatic nitrogens is 1. The smallest absolute Gasteiger partial charge is 0.0739 e. The van der Waals surface area contributed by atoms with Crippen molar-refractivity contribution in [3.05, 3.63) is 65.9 Å². The summed E-state index contributed by atoms with van der Waals surface area (Å²) in [5.41, 5.74) is 5.37. The van der Waals surface area contributed by atoms with E-state index >= 15 is 0 Å². The Morgan fingerprint density at radius 2 is 1.94 bits per heavy atom. The third kappa shape index (κ3) is 1.51. The molecule has 0 bridgehead atoms. The summed E-state index contributed by atoms with van der Waals surface area (Å²) in [4.78, 5) is 4.62. The van der Waals surface area contributed by atoms with Gasteiger partial charge in [-0.1, -0.05) is 42.5 Å². The molecular weight excluding hydrogens is 218 g/mol. The molecule has 2 atom stereocenters. The number of rotatable bonds is 1. The topological polar surface area (TPSA) is 12.9 Å². The molecule has 2 unspecified atom stereocenters. The Morgan fingerprint density at radius 3 is 2.83 bits per heavy atom. The maximum absolute atomic E-state index is 4.62. The Balaban J connectivity index is 1.90. The summed E-state index contributed by atoms with van der Waals surface area (Å²) in [6, 6.07) is 12.8. The van der Waals surface area contributed by atoms with Gasteiger partial charge in [-0.2, -0.15) is 0 Å². The van der Waals surface area contributed by atoms with Crippen molar-refractivity contribution in [3.63, 3.8) is 0 Å². The van der Waals surface area contributed by atoms with Crippen molar-refractivity contribution in [1.29, 1.82) is 0 Å². The molecule has 0 amide bonds. The maximum atomic E-state index is 4.62. The average molecular weight is 233 g/mol. The molecule has 2 aliphatic rings. The van der Waals surface area contributed by atoms with Gasteiger partial charge in [0.25, 0.3) is 0 Å². The van der Waals surface area contributed by atoms with Crippen molar-refractivity contribution < 1.29 is 0 Å². The minimum absolute atomic E-state index is 0.754. The molecule has 4 rings (SSSR count). The van der Waals surface area contributed by atoms with Gasteiger partial charge < -0.3 is 0 Å². The van der Waals surface area contributed by atoms with Gasteiger partial charge in [0.1, 0.15) is 0 Å². The summed E-state index contributed by atoms with van der Waals surface area (Å²) in [5, 5.41) is 0. The van der Waals surface area contributed by atoms with E-state index in [9.17, 15) is 0 Å². The Labute approximate surface area is 107 Å². The first-order chi connectivity index (χ1) is 8.93. The number of hydrogen-bond donors (Lipinski definition) is 0. The molecule has 88 valence electrons. The normalized spacial score (nSPS) is 24.0. The van der Waals surface area contributed by atoms with E-state index in [0.717, 1.165) is 18.3 Å². The van der Waals surface area contributed by atoms with E-state index in [-0.39, 0.29) is 0 Å². The van der Waals surface area contributed by atoms with Gasteiger partial charge >= 0.3 is 0 Å². The zero-order chi connectivity index (χ0) is 11.9. The largest absolute Gasteiger partial charge is 0.256 e. The fourth-order valence-corrected chi connectivity index (χ4v) is 3.06. The van der Waals surface area contributed by atoms with E-state index in [4.69, 9.17) is 0 Å². The molecule has 1 nitrogen and oxygen atoms in total. The lowest BCUT2D eigenvalue weighted by Crippen LogP contribution is -1.97. The summed E-state index contributed by atoms with van der Waals surface area (Å²) < 4.78 is 0. The average Bonchev–Trinajstić information content (AvgIpc) is 3.19. The van der Waals surface area contributed by atoms with Gasteiger partial charge in [0, 0.05) is 11.8 Å². The van der Waals surface area contributed by atoms with Gasteiger partial charge in [-0.3, -0.25) is 4.98 Å². The van der Waals surface area contributed by atoms with Gasteiger partial charge in [-0.05, 0) is 41.9 Å². The molecule has 1 aromatic heterocycles. The molecule has 1 saturated carbocycles. The first-order valence-electron chi connectivity index (χ1n) is 6.63. The fraction of sp³-hybridized carbons (Fsp3) is 0.235. The lowest BCUT2D eigenvalue weighted by atomic mass is 9.96. The Morgan fingerprint density at radius 1 is 1.06 bits per heavy atom. The molecule has 18 heavy (non-hydrogen) atoms. The van der Waals surface area contributed by atoms with Gasteiger partial charge in [-0.25, -0.2) is 0 Å². The zero-order valence-corrected chi connectivity index (χ0v) is 10.2. The van der Waals surface area contributed by atoms with Crippen LogP contribution in [0, 0.1) is 5.92 Å². The molecule has 2 aliphatic carbocycles. The van der Waals surface area contributed by atoms with E-state index in [1.165, 1.54) is 28.8 Å². The fourth-order valence-electron chi connectivity index (χ4n) is 3.06. The molecule has 0 N–H and O–H groups in total. The first kappa shape index (κ1) is 10.1. The van der Waals surface area contributed by atoms with Gasteiger partial charge in [-0.15, -0.1) is 0 Å². The monoisotopic (exact) mass is 233 g/mol. The second-order valence-electron chi connectivity index (χ2n) is 5.23. The van der Waals surface area contributed by atoms with Crippen molar-refractivity contribution in [2.45, 2.75) is 18.8 Å². The minimum atomic E-state index is 0.754. The summed E-state index contributed by atoms with van der Waals surface area (Å²) >= 11 is 0. The SMILES string of the molecule is C1=CC2CC2c2ccnc(-c3ccccc3)c2C1. The molecule has 0 saturated heterocycles. The highest BCUT2D eigenvalue weighted by Crippen LogP contribution is 2.51. The number of allylic oxidation sites excluding steroid dienone is 2.